The first-order valence-corrected chi connectivity index (χ1v) is 7.79. The maximum Gasteiger partial charge on any atom is 0.410 e. The van der Waals surface area contributed by atoms with Crippen molar-refractivity contribution in [2.24, 2.45) is 0 Å². The van der Waals surface area contributed by atoms with Crippen molar-refractivity contribution in [3.05, 3.63) is 35.9 Å². The number of aliphatic hydroxyl groups excluding tert-OH is 1. The van der Waals surface area contributed by atoms with Crippen molar-refractivity contribution in [3.8, 4) is 0 Å². The molecule has 0 fully saturated rings. The van der Waals surface area contributed by atoms with E-state index in [1.807, 2.05) is 6.07 Å². The minimum absolute atomic E-state index is 0.00453. The van der Waals surface area contributed by atoms with Crippen LogP contribution in [0.1, 0.15) is 39.4 Å². The lowest BCUT2D eigenvalue weighted by Gasteiger charge is -2.30. The lowest BCUT2D eigenvalue weighted by molar-refractivity contribution is 0.0127. The maximum atomic E-state index is 12.4. The molecule has 1 unspecified atom stereocenters. The second-order valence-electron chi connectivity index (χ2n) is 6.66. The molecule has 0 saturated heterocycles. The number of carbonyl (C=O) groups is 2. The molecule has 3 N–H and O–H groups in total. The van der Waals surface area contributed by atoms with Crippen molar-refractivity contribution in [3.63, 3.8) is 0 Å². The van der Waals surface area contributed by atoms with Crippen LogP contribution in [0.15, 0.2) is 30.3 Å². The highest BCUT2D eigenvalue weighted by Crippen LogP contribution is 2.17. The number of hydrogen-bond donors (Lipinski definition) is 3. The lowest BCUT2D eigenvalue weighted by Crippen LogP contribution is -2.47. The molecule has 2 atom stereocenters. The van der Waals surface area contributed by atoms with Gasteiger partial charge in [-0.2, -0.15) is 0 Å². The summed E-state index contributed by atoms with van der Waals surface area (Å²) < 4.78 is 5.34. The minimum atomic E-state index is -1.17. The first-order chi connectivity index (χ1) is 11.1. The van der Waals surface area contributed by atoms with Crippen molar-refractivity contribution >= 4 is 12.2 Å². The number of nitrogens with one attached hydrogen (secondary N) is 1. The van der Waals surface area contributed by atoms with E-state index in [1.54, 1.807) is 52.0 Å². The SMILES string of the molecule is CC(CN(C[C@H](O)c1ccccc1)C(=O)OC(C)(C)C)NC(=O)O. The highest BCUT2D eigenvalue weighted by atomic mass is 16.6. The molecule has 0 spiro atoms. The van der Waals surface area contributed by atoms with Gasteiger partial charge in [-0.1, -0.05) is 30.3 Å². The number of benzene rings is 1. The Balaban J connectivity index is 2.83. The zero-order valence-electron chi connectivity index (χ0n) is 14.5. The van der Waals surface area contributed by atoms with Crippen LogP contribution >= 0.6 is 0 Å². The monoisotopic (exact) mass is 338 g/mol. The van der Waals surface area contributed by atoms with Gasteiger partial charge >= 0.3 is 12.2 Å². The summed E-state index contributed by atoms with van der Waals surface area (Å²) in [5.74, 6) is 0. The Morgan fingerprint density at radius 2 is 1.79 bits per heavy atom. The molecule has 7 heteroatoms. The Labute approximate surface area is 142 Å². The summed E-state index contributed by atoms with van der Waals surface area (Å²) in [7, 11) is 0. The van der Waals surface area contributed by atoms with E-state index in [1.165, 1.54) is 4.90 Å². The maximum absolute atomic E-state index is 12.4. The van der Waals surface area contributed by atoms with Crippen molar-refractivity contribution < 1.29 is 24.5 Å². The van der Waals surface area contributed by atoms with Crippen LogP contribution in [0, 0.1) is 0 Å². The number of rotatable bonds is 6. The van der Waals surface area contributed by atoms with E-state index in [2.05, 4.69) is 5.32 Å². The number of ether oxygens (including phenoxy) is 1. The molecular formula is C17H26N2O5. The van der Waals surface area contributed by atoms with E-state index >= 15 is 0 Å². The van der Waals surface area contributed by atoms with E-state index in [0.717, 1.165) is 0 Å². The summed E-state index contributed by atoms with van der Waals surface area (Å²) in [4.78, 5) is 24.4. The Kier molecular flexibility index (Phi) is 7.03. The number of aliphatic hydroxyl groups is 1. The molecule has 0 aliphatic carbocycles. The number of nitrogens with zero attached hydrogens (tertiary/aromatic N) is 1. The molecule has 134 valence electrons. The first kappa shape index (κ1) is 19.8. The second kappa shape index (κ2) is 8.54. The predicted octanol–water partition coefficient (Wildman–Crippen LogP) is 2.61. The van der Waals surface area contributed by atoms with Crippen molar-refractivity contribution in [1.82, 2.24) is 10.2 Å². The van der Waals surface area contributed by atoms with E-state index in [-0.39, 0.29) is 13.1 Å². The van der Waals surface area contributed by atoms with Crippen LogP contribution < -0.4 is 5.32 Å². The summed E-state index contributed by atoms with van der Waals surface area (Å²) in [6.45, 7) is 6.97. The van der Waals surface area contributed by atoms with Crippen LogP contribution in [0.5, 0.6) is 0 Å². The number of carboxylic acid groups (broad SMARTS) is 1. The van der Waals surface area contributed by atoms with Crippen molar-refractivity contribution in [2.45, 2.75) is 45.4 Å². The molecule has 2 amide bonds. The van der Waals surface area contributed by atoms with Crippen LogP contribution in [0.25, 0.3) is 0 Å². The summed E-state index contributed by atoms with van der Waals surface area (Å²) in [5, 5.41) is 21.4. The highest BCUT2D eigenvalue weighted by molar-refractivity contribution is 5.69. The minimum Gasteiger partial charge on any atom is -0.465 e. The molecule has 0 heterocycles. The van der Waals surface area contributed by atoms with Crippen LogP contribution in [-0.2, 0) is 4.74 Å². The van der Waals surface area contributed by atoms with Gasteiger partial charge in [0.2, 0.25) is 0 Å². The van der Waals surface area contributed by atoms with Gasteiger partial charge < -0.3 is 25.2 Å². The van der Waals surface area contributed by atoms with Gasteiger partial charge in [0.1, 0.15) is 5.60 Å². The van der Waals surface area contributed by atoms with Gasteiger partial charge in [-0.05, 0) is 33.3 Å². The highest BCUT2D eigenvalue weighted by Gasteiger charge is 2.26. The normalized spacial score (nSPS) is 13.7. The van der Waals surface area contributed by atoms with Gasteiger partial charge in [0.05, 0.1) is 12.6 Å². The Bertz CT molecular complexity index is 542. The summed E-state index contributed by atoms with van der Waals surface area (Å²) in [5.41, 5.74) is -0.0128. The summed E-state index contributed by atoms with van der Waals surface area (Å²) in [6.07, 6.45) is -2.66. The average molecular weight is 338 g/mol. The smallest absolute Gasteiger partial charge is 0.410 e. The fraction of sp³-hybridized carbons (Fsp3) is 0.529. The standard InChI is InChI=1S/C17H26N2O5/c1-12(18-15(21)22)10-19(16(23)24-17(2,3)4)11-14(20)13-8-6-5-7-9-13/h5-9,12,14,18,20H,10-11H2,1-4H3,(H,21,22)/t12?,14-/m0/s1. The molecule has 0 saturated carbocycles. The largest absolute Gasteiger partial charge is 0.465 e. The Morgan fingerprint density at radius 1 is 1.21 bits per heavy atom. The van der Waals surface area contributed by atoms with Crippen molar-refractivity contribution in [1.29, 1.82) is 0 Å². The molecule has 1 rings (SSSR count). The van der Waals surface area contributed by atoms with Crippen LogP contribution in [0.4, 0.5) is 9.59 Å². The molecule has 0 aromatic heterocycles. The molecule has 1 aromatic rings. The van der Waals surface area contributed by atoms with Crippen LogP contribution in [0.3, 0.4) is 0 Å². The predicted molar refractivity (Wildman–Crippen MR) is 89.8 cm³/mol. The summed E-state index contributed by atoms with van der Waals surface area (Å²) >= 11 is 0. The van der Waals surface area contributed by atoms with Gasteiger partial charge in [0, 0.05) is 12.6 Å². The molecule has 1 aromatic carbocycles. The van der Waals surface area contributed by atoms with Gasteiger partial charge in [-0.3, -0.25) is 0 Å². The molecule has 24 heavy (non-hydrogen) atoms. The molecular weight excluding hydrogens is 312 g/mol. The third-order valence-corrected chi connectivity index (χ3v) is 3.09. The second-order valence-corrected chi connectivity index (χ2v) is 6.66. The third kappa shape index (κ3) is 7.32. The van der Waals surface area contributed by atoms with Gasteiger partial charge in [0.15, 0.2) is 0 Å². The van der Waals surface area contributed by atoms with E-state index < -0.39 is 29.9 Å². The van der Waals surface area contributed by atoms with E-state index in [4.69, 9.17) is 9.84 Å². The number of hydrogen-bond acceptors (Lipinski definition) is 4. The molecule has 0 aliphatic heterocycles. The summed E-state index contributed by atoms with van der Waals surface area (Å²) in [6, 6.07) is 8.45. The zero-order chi connectivity index (χ0) is 18.3. The lowest BCUT2D eigenvalue weighted by atomic mass is 10.1. The number of amides is 2. The van der Waals surface area contributed by atoms with Gasteiger partial charge in [0.25, 0.3) is 0 Å². The number of carbonyl (C=O) groups excluding carboxylic acids is 1. The third-order valence-electron chi connectivity index (χ3n) is 3.09. The van der Waals surface area contributed by atoms with Crippen LogP contribution in [-0.4, -0.2) is 52.0 Å². The quantitative estimate of drug-likeness (QED) is 0.740. The zero-order valence-corrected chi connectivity index (χ0v) is 14.5. The van der Waals surface area contributed by atoms with Gasteiger partial charge in [-0.25, -0.2) is 9.59 Å². The van der Waals surface area contributed by atoms with E-state index in [0.29, 0.717) is 5.56 Å². The van der Waals surface area contributed by atoms with E-state index in [9.17, 15) is 14.7 Å². The van der Waals surface area contributed by atoms with Gasteiger partial charge in [-0.15, -0.1) is 0 Å². The molecule has 0 radical (unpaired) electrons. The fourth-order valence-corrected chi connectivity index (χ4v) is 2.13. The molecule has 0 bridgehead atoms. The molecule has 7 nitrogen and oxygen atoms in total. The van der Waals surface area contributed by atoms with Crippen molar-refractivity contribution in [2.75, 3.05) is 13.1 Å². The Morgan fingerprint density at radius 3 is 2.29 bits per heavy atom. The van der Waals surface area contributed by atoms with Crippen LogP contribution in [0.2, 0.25) is 0 Å². The topological polar surface area (TPSA) is 99.1 Å². The molecule has 0 aliphatic rings. The average Bonchev–Trinajstić information content (AvgIpc) is 2.44. The Hall–Kier alpha value is -2.28. The fourth-order valence-electron chi connectivity index (χ4n) is 2.13. The first-order valence-electron chi connectivity index (χ1n) is 7.79.